The molecule has 11 heavy (non-hydrogen) atoms. The van der Waals surface area contributed by atoms with E-state index in [0.29, 0.717) is 5.41 Å². The molecular weight excluding hydrogens is 134 g/mol. The van der Waals surface area contributed by atoms with E-state index in [9.17, 15) is 0 Å². The van der Waals surface area contributed by atoms with Crippen molar-refractivity contribution in [1.82, 2.24) is 0 Å². The van der Waals surface area contributed by atoms with Crippen molar-refractivity contribution in [2.75, 3.05) is 0 Å². The quantitative estimate of drug-likeness (QED) is 0.567. The van der Waals surface area contributed by atoms with Crippen LogP contribution in [-0.4, -0.2) is 5.54 Å². The Kier molecular flexibility index (Phi) is 1.26. The summed E-state index contributed by atoms with van der Waals surface area (Å²) in [6.45, 7) is 7.00. The van der Waals surface area contributed by atoms with Gasteiger partial charge in [-0.1, -0.05) is 20.8 Å². The van der Waals surface area contributed by atoms with Crippen LogP contribution < -0.4 is 5.73 Å². The van der Waals surface area contributed by atoms with Crippen LogP contribution in [0.25, 0.3) is 0 Å². The predicted octanol–water partition coefficient (Wildman–Crippen LogP) is 2.16. The van der Waals surface area contributed by atoms with Gasteiger partial charge in [0.2, 0.25) is 0 Å². The minimum atomic E-state index is 0.177. The molecule has 0 aromatic rings. The molecule has 3 aliphatic rings. The maximum atomic E-state index is 6.37. The van der Waals surface area contributed by atoms with Gasteiger partial charge in [0, 0.05) is 5.54 Å². The zero-order valence-corrected chi connectivity index (χ0v) is 7.85. The Morgan fingerprint density at radius 3 is 2.27 bits per heavy atom. The molecule has 2 bridgehead atoms. The molecule has 0 spiro atoms. The zero-order chi connectivity index (χ0) is 8.28. The Labute approximate surface area is 69.4 Å². The molecule has 0 aromatic carbocycles. The Morgan fingerprint density at radius 1 is 1.27 bits per heavy atom. The van der Waals surface area contributed by atoms with Gasteiger partial charge in [-0.05, 0) is 36.5 Å². The molecule has 0 heterocycles. The van der Waals surface area contributed by atoms with Crippen molar-refractivity contribution in [3.05, 3.63) is 0 Å². The van der Waals surface area contributed by atoms with E-state index in [2.05, 4.69) is 20.8 Å². The fourth-order valence-electron chi connectivity index (χ4n) is 3.18. The van der Waals surface area contributed by atoms with Crippen LogP contribution in [-0.2, 0) is 0 Å². The van der Waals surface area contributed by atoms with E-state index in [1.54, 1.807) is 0 Å². The SMILES string of the molecule is CC1CCC2CC1(N)C2(C)C. The average molecular weight is 153 g/mol. The number of rotatable bonds is 0. The largest absolute Gasteiger partial charge is 0.324 e. The van der Waals surface area contributed by atoms with E-state index in [0.717, 1.165) is 11.8 Å². The number of hydrogen-bond donors (Lipinski definition) is 1. The first-order chi connectivity index (χ1) is 4.98. The van der Waals surface area contributed by atoms with E-state index >= 15 is 0 Å². The molecule has 2 N–H and O–H groups in total. The standard InChI is InChI=1S/C10H19N/c1-7-4-5-8-6-10(7,11)9(8,2)3/h7-8H,4-6,11H2,1-3H3. The summed E-state index contributed by atoms with van der Waals surface area (Å²) in [4.78, 5) is 0. The van der Waals surface area contributed by atoms with Crippen LogP contribution in [0.5, 0.6) is 0 Å². The van der Waals surface area contributed by atoms with Gasteiger partial charge in [-0.15, -0.1) is 0 Å². The zero-order valence-electron chi connectivity index (χ0n) is 7.85. The molecule has 3 fully saturated rings. The highest BCUT2D eigenvalue weighted by atomic mass is 14.9. The molecular formula is C10H19N. The van der Waals surface area contributed by atoms with Crippen LogP contribution in [0.2, 0.25) is 0 Å². The first-order valence-corrected chi connectivity index (χ1v) is 4.77. The van der Waals surface area contributed by atoms with Crippen molar-refractivity contribution in [1.29, 1.82) is 0 Å². The molecule has 0 aromatic heterocycles. The molecule has 1 heteroatoms. The first-order valence-electron chi connectivity index (χ1n) is 4.77. The highest BCUT2D eigenvalue weighted by Gasteiger charge is 2.62. The number of fused-ring (bicyclic) bond motifs is 2. The summed E-state index contributed by atoms with van der Waals surface area (Å²) in [5.74, 6) is 1.66. The fourth-order valence-corrected chi connectivity index (χ4v) is 3.18. The number of nitrogens with two attached hydrogens (primary N) is 1. The van der Waals surface area contributed by atoms with Crippen LogP contribution >= 0.6 is 0 Å². The van der Waals surface area contributed by atoms with Crippen molar-refractivity contribution in [3.8, 4) is 0 Å². The van der Waals surface area contributed by atoms with Crippen LogP contribution in [0.4, 0.5) is 0 Å². The second-order valence-corrected chi connectivity index (χ2v) is 5.14. The summed E-state index contributed by atoms with van der Waals surface area (Å²) in [6, 6.07) is 0. The monoisotopic (exact) mass is 153 g/mol. The normalized spacial score (nSPS) is 53.5. The van der Waals surface area contributed by atoms with E-state index < -0.39 is 0 Å². The molecule has 3 atom stereocenters. The third-order valence-electron chi connectivity index (χ3n) is 4.63. The van der Waals surface area contributed by atoms with E-state index in [-0.39, 0.29) is 5.54 Å². The molecule has 0 saturated heterocycles. The molecule has 1 nitrogen and oxygen atoms in total. The van der Waals surface area contributed by atoms with Crippen LogP contribution in [0, 0.1) is 17.3 Å². The summed E-state index contributed by atoms with van der Waals surface area (Å²) < 4.78 is 0. The van der Waals surface area contributed by atoms with E-state index in [1.165, 1.54) is 19.3 Å². The van der Waals surface area contributed by atoms with Gasteiger partial charge < -0.3 is 5.73 Å². The first kappa shape index (κ1) is 7.60. The minimum absolute atomic E-state index is 0.177. The van der Waals surface area contributed by atoms with Crippen molar-refractivity contribution in [2.45, 2.75) is 45.6 Å². The van der Waals surface area contributed by atoms with E-state index in [4.69, 9.17) is 5.73 Å². The lowest BCUT2D eigenvalue weighted by Crippen LogP contribution is -2.72. The number of hydrogen-bond acceptors (Lipinski definition) is 1. The van der Waals surface area contributed by atoms with Gasteiger partial charge in [0.15, 0.2) is 0 Å². The molecule has 3 rings (SSSR count). The highest BCUT2D eigenvalue weighted by Crippen LogP contribution is 2.62. The topological polar surface area (TPSA) is 26.0 Å². The molecule has 3 saturated carbocycles. The van der Waals surface area contributed by atoms with Crippen LogP contribution in [0.3, 0.4) is 0 Å². The fraction of sp³-hybridized carbons (Fsp3) is 1.00. The molecule has 3 unspecified atom stereocenters. The highest BCUT2D eigenvalue weighted by molar-refractivity contribution is 5.16. The maximum absolute atomic E-state index is 6.37. The van der Waals surface area contributed by atoms with Gasteiger partial charge in [-0.2, -0.15) is 0 Å². The van der Waals surface area contributed by atoms with Gasteiger partial charge in [-0.25, -0.2) is 0 Å². The Balaban J connectivity index is 2.28. The predicted molar refractivity (Wildman–Crippen MR) is 47.2 cm³/mol. The van der Waals surface area contributed by atoms with Crippen molar-refractivity contribution in [3.63, 3.8) is 0 Å². The van der Waals surface area contributed by atoms with Crippen molar-refractivity contribution < 1.29 is 0 Å². The molecule has 3 aliphatic carbocycles. The van der Waals surface area contributed by atoms with Gasteiger partial charge in [-0.3, -0.25) is 0 Å². The average Bonchev–Trinajstić information content (AvgIpc) is 1.94. The lowest BCUT2D eigenvalue weighted by atomic mass is 9.41. The lowest BCUT2D eigenvalue weighted by Gasteiger charge is -2.66. The second kappa shape index (κ2) is 1.82. The maximum Gasteiger partial charge on any atom is 0.0237 e. The van der Waals surface area contributed by atoms with E-state index in [1.807, 2.05) is 0 Å². The smallest absolute Gasteiger partial charge is 0.0237 e. The third-order valence-corrected chi connectivity index (χ3v) is 4.63. The van der Waals surface area contributed by atoms with Gasteiger partial charge >= 0.3 is 0 Å². The lowest BCUT2D eigenvalue weighted by molar-refractivity contribution is -0.123. The summed E-state index contributed by atoms with van der Waals surface area (Å²) >= 11 is 0. The minimum Gasteiger partial charge on any atom is -0.324 e. The Hall–Kier alpha value is -0.0400. The van der Waals surface area contributed by atoms with Gasteiger partial charge in [0.05, 0.1) is 0 Å². The summed E-state index contributed by atoms with van der Waals surface area (Å²) in [5.41, 5.74) is 6.96. The van der Waals surface area contributed by atoms with Crippen LogP contribution in [0.15, 0.2) is 0 Å². The summed E-state index contributed by atoms with van der Waals surface area (Å²) in [7, 11) is 0. The van der Waals surface area contributed by atoms with Crippen LogP contribution in [0.1, 0.15) is 40.0 Å². The molecule has 0 radical (unpaired) electrons. The second-order valence-electron chi connectivity index (χ2n) is 5.14. The third kappa shape index (κ3) is 0.658. The summed E-state index contributed by atoms with van der Waals surface area (Å²) in [5, 5.41) is 0. The van der Waals surface area contributed by atoms with Crippen molar-refractivity contribution in [2.24, 2.45) is 23.0 Å². The Morgan fingerprint density at radius 2 is 1.91 bits per heavy atom. The Bertz CT molecular complexity index is 185. The van der Waals surface area contributed by atoms with Gasteiger partial charge in [0.25, 0.3) is 0 Å². The van der Waals surface area contributed by atoms with Crippen molar-refractivity contribution >= 4 is 0 Å². The summed E-state index contributed by atoms with van der Waals surface area (Å²) in [6.07, 6.45) is 4.04. The molecule has 0 amide bonds. The molecule has 0 aliphatic heterocycles. The molecule has 64 valence electrons. The van der Waals surface area contributed by atoms with Gasteiger partial charge in [0.1, 0.15) is 0 Å².